The molecule has 150 valence electrons. The lowest BCUT2D eigenvalue weighted by molar-refractivity contribution is -0.133. The van der Waals surface area contributed by atoms with E-state index in [1.165, 1.54) is 38.2 Å². The van der Waals surface area contributed by atoms with E-state index in [9.17, 15) is 18.0 Å². The molecular formula is C21H26N2O4S. The summed E-state index contributed by atoms with van der Waals surface area (Å²) in [5, 5.41) is 0. The summed E-state index contributed by atoms with van der Waals surface area (Å²) in [6.07, 6.45) is 0. The van der Waals surface area contributed by atoms with E-state index in [2.05, 4.69) is 0 Å². The Bertz CT molecular complexity index is 923. The quantitative estimate of drug-likeness (QED) is 0.636. The van der Waals surface area contributed by atoms with Crippen molar-refractivity contribution in [3.63, 3.8) is 0 Å². The Morgan fingerprint density at radius 3 is 2.04 bits per heavy atom. The Morgan fingerprint density at radius 1 is 0.964 bits per heavy atom. The molecule has 0 radical (unpaired) electrons. The molecule has 0 aliphatic carbocycles. The fourth-order valence-corrected chi connectivity index (χ4v) is 3.87. The molecule has 0 bridgehead atoms. The number of Topliss-reactive ketones (excluding diaryl/α,β-unsaturated/α-hetero) is 1. The molecule has 6 nitrogen and oxygen atoms in total. The molecule has 0 aromatic heterocycles. The maximum absolute atomic E-state index is 12.8. The van der Waals surface area contributed by atoms with Gasteiger partial charge in [-0.25, -0.2) is 8.42 Å². The van der Waals surface area contributed by atoms with Gasteiger partial charge in [0.25, 0.3) is 0 Å². The first-order chi connectivity index (χ1) is 13.1. The highest BCUT2D eigenvalue weighted by Crippen LogP contribution is 2.17. The topological polar surface area (TPSA) is 74.8 Å². The van der Waals surface area contributed by atoms with Crippen molar-refractivity contribution in [1.82, 2.24) is 9.21 Å². The molecule has 0 saturated heterocycles. The number of hydrogen-bond donors (Lipinski definition) is 0. The molecule has 1 amide bonds. The zero-order valence-electron chi connectivity index (χ0n) is 16.6. The van der Waals surface area contributed by atoms with Crippen LogP contribution >= 0.6 is 0 Å². The van der Waals surface area contributed by atoms with Crippen LogP contribution in [0, 0.1) is 0 Å². The predicted octanol–water partition coefficient (Wildman–Crippen LogP) is 2.95. The number of carbonyl (C=O) groups is 2. The van der Waals surface area contributed by atoms with Gasteiger partial charge in [0.05, 0.1) is 11.4 Å². The summed E-state index contributed by atoms with van der Waals surface area (Å²) in [5.41, 5.74) is 1.42. The lowest BCUT2D eigenvalue weighted by atomic mass is 10.2. The molecule has 0 heterocycles. The molecular weight excluding hydrogens is 376 g/mol. The molecule has 0 aliphatic rings. The Kier molecular flexibility index (Phi) is 7.10. The van der Waals surface area contributed by atoms with Crippen LogP contribution in [0.1, 0.15) is 36.7 Å². The van der Waals surface area contributed by atoms with Gasteiger partial charge in [0, 0.05) is 25.2 Å². The molecule has 0 N–H and O–H groups in total. The van der Waals surface area contributed by atoms with E-state index in [1.807, 2.05) is 44.2 Å². The van der Waals surface area contributed by atoms with Crippen molar-refractivity contribution in [1.29, 1.82) is 0 Å². The van der Waals surface area contributed by atoms with Crippen LogP contribution in [0.3, 0.4) is 0 Å². The molecule has 0 atom stereocenters. The smallest absolute Gasteiger partial charge is 0.243 e. The normalized spacial score (nSPS) is 11.6. The largest absolute Gasteiger partial charge is 0.335 e. The summed E-state index contributed by atoms with van der Waals surface area (Å²) in [6.45, 7) is 5.37. The molecule has 7 heteroatoms. The highest BCUT2D eigenvalue weighted by atomic mass is 32.2. The van der Waals surface area contributed by atoms with Gasteiger partial charge in [-0.15, -0.1) is 0 Å². The van der Waals surface area contributed by atoms with E-state index in [0.29, 0.717) is 12.1 Å². The molecule has 0 fully saturated rings. The molecule has 2 aromatic rings. The van der Waals surface area contributed by atoms with Gasteiger partial charge in [0.15, 0.2) is 5.78 Å². The standard InChI is InChI=1S/C21H26N2O4S/c1-16(2)23(14-18-8-6-5-7-9-18)21(25)15-22(4)28(26,27)20-12-10-19(11-13-20)17(3)24/h5-13,16H,14-15H2,1-4H3. The minimum Gasteiger partial charge on any atom is -0.335 e. The summed E-state index contributed by atoms with van der Waals surface area (Å²) < 4.78 is 26.6. The molecule has 0 saturated carbocycles. The SMILES string of the molecule is CC(=O)c1ccc(S(=O)(=O)N(C)CC(=O)N(Cc2ccccc2)C(C)C)cc1. The van der Waals surface area contributed by atoms with E-state index < -0.39 is 10.0 Å². The van der Waals surface area contributed by atoms with Crippen LogP contribution < -0.4 is 0 Å². The summed E-state index contributed by atoms with van der Waals surface area (Å²) in [4.78, 5) is 25.9. The Morgan fingerprint density at radius 2 is 1.54 bits per heavy atom. The number of sulfonamides is 1. The second kappa shape index (κ2) is 9.12. The maximum Gasteiger partial charge on any atom is 0.243 e. The van der Waals surface area contributed by atoms with Crippen molar-refractivity contribution in [2.24, 2.45) is 0 Å². The molecule has 2 rings (SSSR count). The van der Waals surface area contributed by atoms with Crippen molar-refractivity contribution < 1.29 is 18.0 Å². The van der Waals surface area contributed by atoms with Crippen LogP contribution in [0.15, 0.2) is 59.5 Å². The first kappa shape index (κ1) is 21.8. The van der Waals surface area contributed by atoms with Crippen molar-refractivity contribution in [2.45, 2.75) is 38.3 Å². The minimum atomic E-state index is -3.83. The average Bonchev–Trinajstić information content (AvgIpc) is 2.66. The number of ketones is 1. The summed E-state index contributed by atoms with van der Waals surface area (Å²) in [5.74, 6) is -0.411. The number of nitrogens with zero attached hydrogens (tertiary/aromatic N) is 2. The third kappa shape index (κ3) is 5.27. The van der Waals surface area contributed by atoms with Crippen LogP contribution in [-0.2, 0) is 21.4 Å². The highest BCUT2D eigenvalue weighted by molar-refractivity contribution is 7.89. The second-order valence-electron chi connectivity index (χ2n) is 6.94. The third-order valence-corrected chi connectivity index (χ3v) is 6.28. The Hall–Kier alpha value is -2.51. The molecule has 0 unspecified atom stereocenters. The van der Waals surface area contributed by atoms with Crippen molar-refractivity contribution in [3.05, 3.63) is 65.7 Å². The third-order valence-electron chi connectivity index (χ3n) is 4.47. The zero-order valence-corrected chi connectivity index (χ0v) is 17.4. The van der Waals surface area contributed by atoms with E-state index in [-0.39, 0.29) is 29.2 Å². The number of carbonyl (C=O) groups excluding carboxylic acids is 2. The van der Waals surface area contributed by atoms with Crippen LogP contribution in [0.25, 0.3) is 0 Å². The van der Waals surface area contributed by atoms with Gasteiger partial charge in [-0.3, -0.25) is 9.59 Å². The molecule has 28 heavy (non-hydrogen) atoms. The van der Waals surface area contributed by atoms with Gasteiger partial charge in [0.2, 0.25) is 15.9 Å². The number of likely N-dealkylation sites (N-methyl/N-ethyl adjacent to an activating group) is 1. The fourth-order valence-electron chi connectivity index (χ4n) is 2.75. The van der Waals surface area contributed by atoms with E-state index in [0.717, 1.165) is 9.87 Å². The monoisotopic (exact) mass is 402 g/mol. The molecule has 2 aromatic carbocycles. The summed E-state index contributed by atoms with van der Waals surface area (Å²) in [6, 6.07) is 15.2. The van der Waals surface area contributed by atoms with E-state index in [4.69, 9.17) is 0 Å². The lowest BCUT2D eigenvalue weighted by Crippen LogP contribution is -2.43. The number of amides is 1. The number of hydrogen-bond acceptors (Lipinski definition) is 4. The van der Waals surface area contributed by atoms with Gasteiger partial charge in [-0.05, 0) is 38.5 Å². The van der Waals surface area contributed by atoms with Crippen molar-refractivity contribution >= 4 is 21.7 Å². The summed E-state index contributed by atoms with van der Waals surface area (Å²) >= 11 is 0. The fraction of sp³-hybridized carbons (Fsp3) is 0.333. The van der Waals surface area contributed by atoms with Crippen LogP contribution in [-0.4, -0.2) is 48.9 Å². The minimum absolute atomic E-state index is 0.0481. The van der Waals surface area contributed by atoms with Crippen LogP contribution in [0.2, 0.25) is 0 Å². The Balaban J connectivity index is 2.14. The van der Waals surface area contributed by atoms with Gasteiger partial charge >= 0.3 is 0 Å². The van der Waals surface area contributed by atoms with E-state index in [1.54, 1.807) is 4.90 Å². The summed E-state index contributed by atoms with van der Waals surface area (Å²) in [7, 11) is -2.45. The van der Waals surface area contributed by atoms with Gasteiger partial charge in [-0.1, -0.05) is 42.5 Å². The molecule has 0 spiro atoms. The highest BCUT2D eigenvalue weighted by Gasteiger charge is 2.26. The van der Waals surface area contributed by atoms with Crippen molar-refractivity contribution in [2.75, 3.05) is 13.6 Å². The first-order valence-electron chi connectivity index (χ1n) is 9.03. The number of benzene rings is 2. The first-order valence-corrected chi connectivity index (χ1v) is 10.5. The zero-order chi connectivity index (χ0) is 20.9. The van der Waals surface area contributed by atoms with Crippen molar-refractivity contribution in [3.8, 4) is 0 Å². The predicted molar refractivity (Wildman–Crippen MR) is 108 cm³/mol. The second-order valence-corrected chi connectivity index (χ2v) is 8.99. The number of rotatable bonds is 8. The molecule has 0 aliphatic heterocycles. The average molecular weight is 403 g/mol. The van der Waals surface area contributed by atoms with Crippen LogP contribution in [0.4, 0.5) is 0 Å². The maximum atomic E-state index is 12.8. The Labute approximate surface area is 166 Å². The van der Waals surface area contributed by atoms with Crippen LogP contribution in [0.5, 0.6) is 0 Å². The van der Waals surface area contributed by atoms with Gasteiger partial charge in [0.1, 0.15) is 0 Å². The van der Waals surface area contributed by atoms with Gasteiger partial charge < -0.3 is 4.90 Å². The lowest BCUT2D eigenvalue weighted by Gasteiger charge is -2.29. The van der Waals surface area contributed by atoms with E-state index >= 15 is 0 Å². The van der Waals surface area contributed by atoms with Gasteiger partial charge in [-0.2, -0.15) is 4.31 Å².